The second-order valence-electron chi connectivity index (χ2n) is 4.18. The number of rotatable bonds is 4. The van der Waals surface area contributed by atoms with Gasteiger partial charge >= 0.3 is 0 Å². The van der Waals surface area contributed by atoms with Crippen molar-refractivity contribution in [1.82, 2.24) is 5.32 Å². The summed E-state index contributed by atoms with van der Waals surface area (Å²) in [6.45, 7) is 2.02. The Hall–Kier alpha value is -1.13. The summed E-state index contributed by atoms with van der Waals surface area (Å²) in [5.74, 6) is 0.00890. The summed E-state index contributed by atoms with van der Waals surface area (Å²) in [5.41, 5.74) is 1.22. The van der Waals surface area contributed by atoms with E-state index < -0.39 is 0 Å². The topological polar surface area (TPSA) is 29.1 Å². The number of thiophene rings is 1. The van der Waals surface area contributed by atoms with E-state index in [1.807, 2.05) is 36.6 Å². The van der Waals surface area contributed by atoms with Crippen molar-refractivity contribution in [2.24, 2.45) is 0 Å². The quantitative estimate of drug-likeness (QED) is 0.909. The van der Waals surface area contributed by atoms with E-state index in [0.717, 1.165) is 15.8 Å². The zero-order valence-electron chi connectivity index (χ0n) is 10.0. The summed E-state index contributed by atoms with van der Waals surface area (Å²) >= 11 is 4.87. The van der Waals surface area contributed by atoms with Crippen molar-refractivity contribution in [3.63, 3.8) is 0 Å². The van der Waals surface area contributed by atoms with Crippen molar-refractivity contribution in [2.75, 3.05) is 0 Å². The molecule has 0 unspecified atom stereocenters. The van der Waals surface area contributed by atoms with Gasteiger partial charge in [0.15, 0.2) is 0 Å². The molecule has 0 aliphatic heterocycles. The lowest BCUT2D eigenvalue weighted by Crippen LogP contribution is -2.33. The van der Waals surface area contributed by atoms with Gasteiger partial charge in [0.2, 0.25) is 0 Å². The molecule has 0 radical (unpaired) electrons. The maximum Gasteiger partial charge on any atom is 0.261 e. The zero-order chi connectivity index (χ0) is 13.0. The van der Waals surface area contributed by atoms with Gasteiger partial charge < -0.3 is 5.32 Å². The van der Waals surface area contributed by atoms with Gasteiger partial charge in [-0.2, -0.15) is 0 Å². The van der Waals surface area contributed by atoms with E-state index in [1.165, 1.54) is 16.9 Å². The maximum absolute atomic E-state index is 11.9. The number of hydrogen-bond donors (Lipinski definition) is 1. The molecule has 2 rings (SSSR count). The van der Waals surface area contributed by atoms with Crippen LogP contribution in [-0.4, -0.2) is 11.9 Å². The van der Waals surface area contributed by atoms with E-state index in [-0.39, 0.29) is 11.9 Å². The number of carbonyl (C=O) groups excluding carboxylic acids is 1. The molecule has 2 aromatic rings. The number of benzene rings is 1. The summed E-state index contributed by atoms with van der Waals surface area (Å²) in [6, 6.07) is 12.0. The summed E-state index contributed by atoms with van der Waals surface area (Å²) < 4.78 is 1.07. The molecule has 0 saturated heterocycles. The Morgan fingerprint density at radius 3 is 2.67 bits per heavy atom. The van der Waals surface area contributed by atoms with Crippen LogP contribution in [0, 0.1) is 0 Å². The monoisotopic (exact) mass is 323 g/mol. The fourth-order valence-corrected chi connectivity index (χ4v) is 2.62. The van der Waals surface area contributed by atoms with Crippen LogP contribution in [0.4, 0.5) is 0 Å². The lowest BCUT2D eigenvalue weighted by atomic mass is 10.1. The molecule has 0 bridgehead atoms. The molecule has 0 aliphatic carbocycles. The standard InChI is InChI=1S/C14H14BrNOS/c1-10(9-11-4-6-12(15)7-5-11)16-14(17)13-3-2-8-18-13/h2-8,10H,9H2,1H3,(H,16,17)/t10-/m1/s1. The Bertz CT molecular complexity index is 507. The van der Waals surface area contributed by atoms with Crippen molar-refractivity contribution >= 4 is 33.2 Å². The Balaban J connectivity index is 1.90. The molecule has 1 atom stereocenters. The van der Waals surface area contributed by atoms with Crippen LogP contribution >= 0.6 is 27.3 Å². The van der Waals surface area contributed by atoms with Gasteiger partial charge in [0.05, 0.1) is 4.88 Å². The largest absolute Gasteiger partial charge is 0.349 e. The summed E-state index contributed by atoms with van der Waals surface area (Å²) in [4.78, 5) is 12.6. The van der Waals surface area contributed by atoms with Crippen LogP contribution < -0.4 is 5.32 Å². The van der Waals surface area contributed by atoms with E-state index in [0.29, 0.717) is 0 Å². The molecule has 1 aromatic carbocycles. The smallest absolute Gasteiger partial charge is 0.261 e. The van der Waals surface area contributed by atoms with Crippen molar-refractivity contribution in [3.8, 4) is 0 Å². The molecule has 94 valence electrons. The lowest BCUT2D eigenvalue weighted by Gasteiger charge is -2.13. The number of hydrogen-bond acceptors (Lipinski definition) is 2. The van der Waals surface area contributed by atoms with E-state index in [9.17, 15) is 4.79 Å². The molecule has 0 spiro atoms. The van der Waals surface area contributed by atoms with E-state index in [2.05, 4.69) is 33.4 Å². The van der Waals surface area contributed by atoms with Crippen LogP contribution in [0.1, 0.15) is 22.2 Å². The fourth-order valence-electron chi connectivity index (χ4n) is 1.73. The molecular weight excluding hydrogens is 310 g/mol. The van der Waals surface area contributed by atoms with Crippen LogP contribution in [0.15, 0.2) is 46.3 Å². The van der Waals surface area contributed by atoms with Crippen molar-refractivity contribution in [3.05, 3.63) is 56.7 Å². The Labute approximate surface area is 119 Å². The third kappa shape index (κ3) is 3.68. The minimum Gasteiger partial charge on any atom is -0.349 e. The van der Waals surface area contributed by atoms with Crippen molar-refractivity contribution in [1.29, 1.82) is 0 Å². The van der Waals surface area contributed by atoms with Gasteiger partial charge in [-0.05, 0) is 42.5 Å². The molecule has 0 saturated carbocycles. The zero-order valence-corrected chi connectivity index (χ0v) is 12.4. The van der Waals surface area contributed by atoms with Crippen LogP contribution in [0.5, 0.6) is 0 Å². The predicted molar refractivity (Wildman–Crippen MR) is 79.1 cm³/mol. The molecule has 1 N–H and O–H groups in total. The normalized spacial score (nSPS) is 12.1. The van der Waals surface area contributed by atoms with Gasteiger partial charge in [0.1, 0.15) is 0 Å². The van der Waals surface area contributed by atoms with Gasteiger partial charge in [-0.1, -0.05) is 34.1 Å². The van der Waals surface area contributed by atoms with Crippen LogP contribution in [0.25, 0.3) is 0 Å². The van der Waals surface area contributed by atoms with E-state index in [1.54, 1.807) is 0 Å². The predicted octanol–water partition coefficient (Wildman–Crippen LogP) is 3.87. The first-order chi connectivity index (χ1) is 8.65. The highest BCUT2D eigenvalue weighted by molar-refractivity contribution is 9.10. The van der Waals surface area contributed by atoms with Gasteiger partial charge in [0.25, 0.3) is 5.91 Å². The average molecular weight is 324 g/mol. The Morgan fingerprint density at radius 1 is 1.33 bits per heavy atom. The molecule has 1 aromatic heterocycles. The number of carbonyl (C=O) groups is 1. The minimum absolute atomic E-state index is 0.00890. The van der Waals surface area contributed by atoms with Crippen LogP contribution in [0.3, 0.4) is 0 Å². The summed E-state index contributed by atoms with van der Waals surface area (Å²) in [7, 11) is 0. The van der Waals surface area contributed by atoms with Gasteiger partial charge in [-0.25, -0.2) is 0 Å². The Morgan fingerprint density at radius 2 is 2.06 bits per heavy atom. The SMILES string of the molecule is C[C@H](Cc1ccc(Br)cc1)NC(=O)c1cccs1. The molecule has 2 nitrogen and oxygen atoms in total. The minimum atomic E-state index is 0.00890. The molecular formula is C14H14BrNOS. The highest BCUT2D eigenvalue weighted by Gasteiger charge is 2.10. The number of nitrogens with one attached hydrogen (secondary N) is 1. The second kappa shape index (κ2) is 6.16. The molecule has 4 heteroatoms. The van der Waals surface area contributed by atoms with E-state index >= 15 is 0 Å². The highest BCUT2D eigenvalue weighted by Crippen LogP contribution is 2.13. The number of halogens is 1. The molecule has 18 heavy (non-hydrogen) atoms. The highest BCUT2D eigenvalue weighted by atomic mass is 79.9. The van der Waals surface area contributed by atoms with Crippen LogP contribution in [-0.2, 0) is 6.42 Å². The first-order valence-electron chi connectivity index (χ1n) is 5.74. The fraction of sp³-hybridized carbons (Fsp3) is 0.214. The third-order valence-corrected chi connectivity index (χ3v) is 3.97. The van der Waals surface area contributed by atoms with Gasteiger partial charge in [0, 0.05) is 10.5 Å². The van der Waals surface area contributed by atoms with Gasteiger partial charge in [-0.3, -0.25) is 4.79 Å². The molecule has 0 fully saturated rings. The molecule has 0 aliphatic rings. The van der Waals surface area contributed by atoms with E-state index in [4.69, 9.17) is 0 Å². The maximum atomic E-state index is 11.9. The third-order valence-electron chi connectivity index (χ3n) is 2.58. The second-order valence-corrected chi connectivity index (χ2v) is 6.05. The van der Waals surface area contributed by atoms with Crippen molar-refractivity contribution in [2.45, 2.75) is 19.4 Å². The molecule has 1 heterocycles. The molecule has 1 amide bonds. The Kier molecular flexibility index (Phi) is 4.55. The average Bonchev–Trinajstić information content (AvgIpc) is 2.85. The number of amides is 1. The first-order valence-corrected chi connectivity index (χ1v) is 7.41. The van der Waals surface area contributed by atoms with Crippen LogP contribution in [0.2, 0.25) is 0 Å². The first kappa shape index (κ1) is 13.3. The van der Waals surface area contributed by atoms with Gasteiger partial charge in [-0.15, -0.1) is 11.3 Å². The summed E-state index contributed by atoms with van der Waals surface area (Å²) in [5, 5.41) is 4.92. The lowest BCUT2D eigenvalue weighted by molar-refractivity contribution is 0.0944. The summed E-state index contributed by atoms with van der Waals surface area (Å²) in [6.07, 6.45) is 0.838. The van der Waals surface area contributed by atoms with Crippen molar-refractivity contribution < 1.29 is 4.79 Å².